The highest BCUT2D eigenvalue weighted by atomic mass is 79.9. The number of hydrogen-bond acceptors (Lipinski definition) is 4. The smallest absolute Gasteiger partial charge is 0.274 e. The summed E-state index contributed by atoms with van der Waals surface area (Å²) in [7, 11) is 1.65. The maximum atomic E-state index is 12.2. The van der Waals surface area contributed by atoms with E-state index >= 15 is 0 Å². The number of aromatic nitrogens is 1. The number of rotatable bonds is 6. The number of amides is 1. The molecule has 0 aliphatic carbocycles. The van der Waals surface area contributed by atoms with Gasteiger partial charge >= 0.3 is 0 Å². The molecule has 0 saturated heterocycles. The van der Waals surface area contributed by atoms with E-state index in [4.69, 9.17) is 4.74 Å². The lowest BCUT2D eigenvalue weighted by Gasteiger charge is -2.09. The molecule has 0 spiro atoms. The number of ether oxygens (including phenoxy) is 1. The Balaban J connectivity index is 2.00. The second-order valence-corrected chi connectivity index (χ2v) is 5.68. The molecule has 5 nitrogen and oxygen atoms in total. The highest BCUT2D eigenvalue weighted by Gasteiger charge is 2.09. The molecule has 0 fully saturated rings. The fraction of sp³-hybridized carbons (Fsp3) is 0.250. The van der Waals surface area contributed by atoms with Crippen molar-refractivity contribution in [3.05, 3.63) is 52.3 Å². The standard InChI is InChI=1S/C16H18BrN3O2/c1-11-9-12(17)3-5-14(11)20-16(21)15-6-4-13(10-19-15)18-7-8-22-2/h3-6,9-10,18H,7-8H2,1-2H3,(H,20,21). The molecule has 6 heteroatoms. The first-order valence-corrected chi connectivity index (χ1v) is 7.66. The lowest BCUT2D eigenvalue weighted by molar-refractivity contribution is 0.102. The topological polar surface area (TPSA) is 63.2 Å². The summed E-state index contributed by atoms with van der Waals surface area (Å²) in [6, 6.07) is 9.22. The van der Waals surface area contributed by atoms with Gasteiger partial charge in [-0.3, -0.25) is 4.79 Å². The van der Waals surface area contributed by atoms with Crippen LogP contribution in [0.15, 0.2) is 41.0 Å². The van der Waals surface area contributed by atoms with Crippen LogP contribution in [0.2, 0.25) is 0 Å². The van der Waals surface area contributed by atoms with Gasteiger partial charge in [0.15, 0.2) is 0 Å². The number of halogens is 1. The van der Waals surface area contributed by atoms with Gasteiger partial charge in [-0.2, -0.15) is 0 Å². The number of nitrogens with zero attached hydrogens (tertiary/aromatic N) is 1. The number of hydrogen-bond donors (Lipinski definition) is 2. The average Bonchev–Trinajstić information content (AvgIpc) is 2.51. The second-order valence-electron chi connectivity index (χ2n) is 4.77. The maximum absolute atomic E-state index is 12.2. The molecule has 0 aliphatic rings. The van der Waals surface area contributed by atoms with Crippen LogP contribution in [0.25, 0.3) is 0 Å². The molecule has 116 valence electrons. The van der Waals surface area contributed by atoms with Crippen LogP contribution in [0, 0.1) is 6.92 Å². The minimum atomic E-state index is -0.228. The number of pyridine rings is 1. The molecule has 22 heavy (non-hydrogen) atoms. The van der Waals surface area contributed by atoms with E-state index in [0.29, 0.717) is 18.8 Å². The Kier molecular flexibility index (Phi) is 5.91. The van der Waals surface area contributed by atoms with Crippen molar-refractivity contribution < 1.29 is 9.53 Å². The zero-order valence-electron chi connectivity index (χ0n) is 12.5. The van der Waals surface area contributed by atoms with E-state index in [-0.39, 0.29) is 5.91 Å². The van der Waals surface area contributed by atoms with Crippen LogP contribution in [0.1, 0.15) is 16.1 Å². The Morgan fingerprint density at radius 3 is 2.77 bits per heavy atom. The van der Waals surface area contributed by atoms with Crippen molar-refractivity contribution in [1.82, 2.24) is 4.98 Å². The van der Waals surface area contributed by atoms with Gasteiger partial charge in [-0.15, -0.1) is 0 Å². The van der Waals surface area contributed by atoms with E-state index in [9.17, 15) is 4.79 Å². The Morgan fingerprint density at radius 2 is 2.14 bits per heavy atom. The molecule has 0 aliphatic heterocycles. The summed E-state index contributed by atoms with van der Waals surface area (Å²) in [6.07, 6.45) is 1.64. The molecule has 0 atom stereocenters. The van der Waals surface area contributed by atoms with E-state index in [2.05, 4.69) is 31.5 Å². The normalized spacial score (nSPS) is 10.3. The third kappa shape index (κ3) is 4.54. The molecule has 0 unspecified atom stereocenters. The van der Waals surface area contributed by atoms with Crippen molar-refractivity contribution in [3.8, 4) is 0 Å². The average molecular weight is 364 g/mol. The van der Waals surface area contributed by atoms with Gasteiger partial charge in [0, 0.05) is 23.8 Å². The van der Waals surface area contributed by atoms with Crippen LogP contribution in [0.5, 0.6) is 0 Å². The predicted octanol–water partition coefficient (Wildman–Crippen LogP) is 3.46. The molecule has 1 amide bonds. The Labute approximate surface area is 138 Å². The summed E-state index contributed by atoms with van der Waals surface area (Å²) in [5.41, 5.74) is 2.99. The van der Waals surface area contributed by atoms with Crippen LogP contribution in [-0.4, -0.2) is 31.2 Å². The lowest BCUT2D eigenvalue weighted by Crippen LogP contribution is -2.15. The zero-order chi connectivity index (χ0) is 15.9. The molecule has 0 bridgehead atoms. The van der Waals surface area contributed by atoms with Crippen LogP contribution in [-0.2, 0) is 4.74 Å². The first kappa shape index (κ1) is 16.5. The number of aryl methyl sites for hydroxylation is 1. The molecule has 0 saturated carbocycles. The van der Waals surface area contributed by atoms with E-state index < -0.39 is 0 Å². The monoisotopic (exact) mass is 363 g/mol. The van der Waals surface area contributed by atoms with Gasteiger partial charge in [0.05, 0.1) is 18.5 Å². The molecule has 2 N–H and O–H groups in total. The second kappa shape index (κ2) is 7.91. The molecular formula is C16H18BrN3O2. The quantitative estimate of drug-likeness (QED) is 0.771. The molecule has 1 heterocycles. The molecule has 1 aromatic carbocycles. The fourth-order valence-corrected chi connectivity index (χ4v) is 2.36. The Morgan fingerprint density at radius 1 is 1.32 bits per heavy atom. The van der Waals surface area contributed by atoms with E-state index in [1.807, 2.05) is 31.2 Å². The van der Waals surface area contributed by atoms with E-state index in [1.165, 1.54) is 0 Å². The van der Waals surface area contributed by atoms with Crippen LogP contribution < -0.4 is 10.6 Å². The van der Waals surface area contributed by atoms with Crippen LogP contribution in [0.3, 0.4) is 0 Å². The maximum Gasteiger partial charge on any atom is 0.274 e. The van der Waals surface area contributed by atoms with Gasteiger partial charge in [0.2, 0.25) is 0 Å². The van der Waals surface area contributed by atoms with Crippen LogP contribution >= 0.6 is 15.9 Å². The Hall–Kier alpha value is -1.92. The summed E-state index contributed by atoms with van der Waals surface area (Å²) < 4.78 is 5.94. The van der Waals surface area contributed by atoms with Crippen LogP contribution in [0.4, 0.5) is 11.4 Å². The summed E-state index contributed by atoms with van der Waals surface area (Å²) in [5, 5.41) is 6.02. The Bertz CT molecular complexity index is 644. The number of methoxy groups -OCH3 is 1. The number of anilines is 2. The molecule has 1 aromatic heterocycles. The van der Waals surface area contributed by atoms with Gasteiger partial charge in [0.1, 0.15) is 5.69 Å². The van der Waals surface area contributed by atoms with Crippen molar-refractivity contribution in [1.29, 1.82) is 0 Å². The summed E-state index contributed by atoms with van der Waals surface area (Å²) >= 11 is 3.40. The minimum Gasteiger partial charge on any atom is -0.383 e. The van der Waals surface area contributed by atoms with Crippen molar-refractivity contribution in [2.75, 3.05) is 30.9 Å². The predicted molar refractivity (Wildman–Crippen MR) is 91.4 cm³/mol. The first-order valence-electron chi connectivity index (χ1n) is 6.86. The van der Waals surface area contributed by atoms with Crippen molar-refractivity contribution >= 4 is 33.2 Å². The summed E-state index contributed by atoms with van der Waals surface area (Å²) in [4.78, 5) is 16.4. The van der Waals surface area contributed by atoms with Crippen molar-refractivity contribution in [3.63, 3.8) is 0 Å². The minimum absolute atomic E-state index is 0.228. The van der Waals surface area contributed by atoms with Gasteiger partial charge in [0.25, 0.3) is 5.91 Å². The van der Waals surface area contributed by atoms with E-state index in [0.717, 1.165) is 21.4 Å². The third-order valence-electron chi connectivity index (χ3n) is 3.07. The molecule has 0 radical (unpaired) electrons. The number of benzene rings is 1. The third-order valence-corrected chi connectivity index (χ3v) is 3.56. The van der Waals surface area contributed by atoms with Gasteiger partial charge in [-0.25, -0.2) is 4.98 Å². The van der Waals surface area contributed by atoms with Crippen molar-refractivity contribution in [2.45, 2.75) is 6.92 Å². The van der Waals surface area contributed by atoms with Gasteiger partial charge in [-0.05, 0) is 42.8 Å². The number of carbonyl (C=O) groups is 1. The zero-order valence-corrected chi connectivity index (χ0v) is 14.1. The highest BCUT2D eigenvalue weighted by Crippen LogP contribution is 2.20. The fourth-order valence-electron chi connectivity index (χ4n) is 1.88. The summed E-state index contributed by atoms with van der Waals surface area (Å²) in [6.45, 7) is 3.25. The molecular weight excluding hydrogens is 346 g/mol. The number of carbonyl (C=O) groups excluding carboxylic acids is 1. The van der Waals surface area contributed by atoms with Gasteiger partial charge < -0.3 is 15.4 Å². The highest BCUT2D eigenvalue weighted by molar-refractivity contribution is 9.10. The lowest BCUT2D eigenvalue weighted by atomic mass is 10.2. The summed E-state index contributed by atoms with van der Waals surface area (Å²) in [5.74, 6) is -0.228. The molecule has 2 rings (SSSR count). The van der Waals surface area contributed by atoms with Crippen molar-refractivity contribution in [2.24, 2.45) is 0 Å². The SMILES string of the molecule is COCCNc1ccc(C(=O)Nc2ccc(Br)cc2C)nc1. The largest absolute Gasteiger partial charge is 0.383 e. The number of nitrogens with one attached hydrogen (secondary N) is 2. The van der Waals surface area contributed by atoms with Gasteiger partial charge in [-0.1, -0.05) is 15.9 Å². The molecule has 2 aromatic rings. The van der Waals surface area contributed by atoms with E-state index in [1.54, 1.807) is 19.4 Å². The first-order chi connectivity index (χ1) is 10.6.